The molecule has 1 aromatic carbocycles. The zero-order valence-corrected chi connectivity index (χ0v) is 18.6. The highest BCUT2D eigenvalue weighted by Crippen LogP contribution is 2.56. The van der Waals surface area contributed by atoms with Gasteiger partial charge in [0.25, 0.3) is 0 Å². The molecule has 0 aromatic heterocycles. The third-order valence-electron chi connectivity index (χ3n) is 7.48. The van der Waals surface area contributed by atoms with E-state index in [0.717, 1.165) is 30.6 Å². The first-order chi connectivity index (χ1) is 14.8. The van der Waals surface area contributed by atoms with E-state index in [2.05, 4.69) is 5.32 Å². The summed E-state index contributed by atoms with van der Waals surface area (Å²) >= 11 is 0. The Balaban J connectivity index is 1.46. The van der Waals surface area contributed by atoms with Gasteiger partial charge in [0.2, 0.25) is 11.8 Å². The monoisotopic (exact) mass is 428 g/mol. The molecule has 0 saturated carbocycles. The van der Waals surface area contributed by atoms with Crippen LogP contribution in [0.3, 0.4) is 0 Å². The molecule has 8 heteroatoms. The number of hydrogen-bond acceptors (Lipinski definition) is 4. The number of ether oxygens (including phenoxy) is 1. The van der Waals surface area contributed by atoms with Crippen LogP contribution in [-0.2, 0) is 16.0 Å². The Labute approximate surface area is 183 Å². The minimum Gasteiger partial charge on any atom is -0.497 e. The molecule has 3 heterocycles. The maximum Gasteiger partial charge on any atom is 0.319 e. The van der Waals surface area contributed by atoms with Crippen LogP contribution in [0.4, 0.5) is 4.79 Å². The van der Waals surface area contributed by atoms with Crippen molar-refractivity contribution in [2.45, 2.75) is 25.7 Å². The van der Waals surface area contributed by atoms with Crippen LogP contribution in [0, 0.1) is 10.8 Å². The average molecular weight is 429 g/mol. The molecule has 8 nitrogen and oxygen atoms in total. The fraction of sp³-hybridized carbons (Fsp3) is 0.609. The van der Waals surface area contributed by atoms with Crippen molar-refractivity contribution in [2.75, 3.05) is 53.9 Å². The Kier molecular flexibility index (Phi) is 5.58. The third-order valence-corrected chi connectivity index (χ3v) is 7.48. The lowest BCUT2D eigenvalue weighted by Gasteiger charge is -2.46. The Hall–Kier alpha value is -2.77. The molecule has 1 aromatic rings. The predicted octanol–water partition coefficient (Wildman–Crippen LogP) is 1.35. The minimum absolute atomic E-state index is 0.0473. The van der Waals surface area contributed by atoms with E-state index >= 15 is 0 Å². The second-order valence-corrected chi connectivity index (χ2v) is 9.31. The molecule has 2 spiro atoms. The zero-order chi connectivity index (χ0) is 22.2. The largest absolute Gasteiger partial charge is 0.497 e. The number of nitrogens with one attached hydrogen (secondary N) is 1. The van der Waals surface area contributed by atoms with E-state index in [4.69, 9.17) is 4.74 Å². The van der Waals surface area contributed by atoms with Gasteiger partial charge < -0.3 is 24.8 Å². The van der Waals surface area contributed by atoms with Crippen molar-refractivity contribution in [3.8, 4) is 5.75 Å². The zero-order valence-electron chi connectivity index (χ0n) is 18.6. The van der Waals surface area contributed by atoms with Crippen molar-refractivity contribution in [2.24, 2.45) is 10.8 Å². The van der Waals surface area contributed by atoms with Gasteiger partial charge in [-0.05, 0) is 37.0 Å². The molecule has 0 aliphatic carbocycles. The summed E-state index contributed by atoms with van der Waals surface area (Å²) < 4.78 is 5.18. The SMILES string of the molecule is COc1ccc(CC(=O)N2CCC3(CC2)CN(C(=O)N(C)C)CC32CCNC2=O)cc1. The summed E-state index contributed by atoms with van der Waals surface area (Å²) in [5, 5.41) is 3.01. The summed E-state index contributed by atoms with van der Waals surface area (Å²) in [5.41, 5.74) is 0.154. The molecular weight excluding hydrogens is 396 g/mol. The lowest BCUT2D eigenvalue weighted by molar-refractivity contribution is -0.138. The quantitative estimate of drug-likeness (QED) is 0.788. The van der Waals surface area contributed by atoms with Gasteiger partial charge in [0.15, 0.2) is 0 Å². The summed E-state index contributed by atoms with van der Waals surface area (Å²) in [6.45, 7) is 2.94. The number of carbonyl (C=O) groups is 3. The number of likely N-dealkylation sites (tertiary alicyclic amines) is 2. The molecule has 0 bridgehead atoms. The molecule has 1 atom stereocenters. The van der Waals surface area contributed by atoms with Gasteiger partial charge in [-0.15, -0.1) is 0 Å². The summed E-state index contributed by atoms with van der Waals surface area (Å²) in [6, 6.07) is 7.52. The fourth-order valence-corrected chi connectivity index (χ4v) is 5.66. The van der Waals surface area contributed by atoms with E-state index in [1.807, 2.05) is 34.1 Å². The summed E-state index contributed by atoms with van der Waals surface area (Å²) in [5.74, 6) is 0.943. The number of piperidine rings is 1. The number of urea groups is 1. The van der Waals surface area contributed by atoms with Crippen molar-refractivity contribution in [3.63, 3.8) is 0 Å². The Morgan fingerprint density at radius 2 is 1.74 bits per heavy atom. The summed E-state index contributed by atoms with van der Waals surface area (Å²) in [7, 11) is 5.11. The Morgan fingerprint density at radius 1 is 1.06 bits per heavy atom. The standard InChI is InChI=1S/C23H32N4O4/c1-25(2)21(30)27-15-22(23(16-27)8-11-24-20(23)29)9-12-26(13-10-22)19(28)14-17-4-6-18(31-3)7-5-17/h4-7H,8-16H2,1-3H3,(H,24,29). The highest BCUT2D eigenvalue weighted by molar-refractivity contribution is 5.88. The first kappa shape index (κ1) is 21.5. The molecule has 0 radical (unpaired) electrons. The molecule has 168 valence electrons. The number of nitrogens with zero attached hydrogens (tertiary/aromatic N) is 3. The van der Waals surface area contributed by atoms with Crippen LogP contribution in [0.25, 0.3) is 0 Å². The van der Waals surface area contributed by atoms with Crippen LogP contribution >= 0.6 is 0 Å². The summed E-state index contributed by atoms with van der Waals surface area (Å²) in [4.78, 5) is 43.9. The van der Waals surface area contributed by atoms with Crippen LogP contribution in [0.5, 0.6) is 5.75 Å². The van der Waals surface area contributed by atoms with Gasteiger partial charge in [-0.25, -0.2) is 4.79 Å². The second kappa shape index (κ2) is 8.05. The van der Waals surface area contributed by atoms with Crippen LogP contribution < -0.4 is 10.1 Å². The van der Waals surface area contributed by atoms with Crippen molar-refractivity contribution in [1.82, 2.24) is 20.0 Å². The van der Waals surface area contributed by atoms with E-state index in [1.54, 1.807) is 26.1 Å². The van der Waals surface area contributed by atoms with Gasteiger partial charge in [0, 0.05) is 52.2 Å². The topological polar surface area (TPSA) is 82.2 Å². The number of methoxy groups -OCH3 is 1. The van der Waals surface area contributed by atoms with Gasteiger partial charge in [-0.3, -0.25) is 9.59 Å². The fourth-order valence-electron chi connectivity index (χ4n) is 5.66. The second-order valence-electron chi connectivity index (χ2n) is 9.31. The summed E-state index contributed by atoms with van der Waals surface area (Å²) in [6.07, 6.45) is 2.59. The van der Waals surface area contributed by atoms with Gasteiger partial charge in [-0.1, -0.05) is 12.1 Å². The Morgan fingerprint density at radius 3 is 2.29 bits per heavy atom. The van der Waals surface area contributed by atoms with Crippen molar-refractivity contribution in [1.29, 1.82) is 0 Å². The highest BCUT2D eigenvalue weighted by atomic mass is 16.5. The third kappa shape index (κ3) is 3.62. The van der Waals surface area contributed by atoms with Crippen LogP contribution in [0.1, 0.15) is 24.8 Å². The van der Waals surface area contributed by atoms with Gasteiger partial charge in [-0.2, -0.15) is 0 Å². The molecular formula is C23H32N4O4. The van der Waals surface area contributed by atoms with E-state index in [-0.39, 0.29) is 23.3 Å². The maximum absolute atomic E-state index is 13.0. The molecule has 3 fully saturated rings. The number of carbonyl (C=O) groups excluding carboxylic acids is 3. The van der Waals surface area contributed by atoms with Crippen LogP contribution in [0.15, 0.2) is 24.3 Å². The molecule has 4 amide bonds. The predicted molar refractivity (Wildman–Crippen MR) is 116 cm³/mol. The molecule has 3 aliphatic heterocycles. The van der Waals surface area contributed by atoms with E-state index in [1.165, 1.54) is 0 Å². The Bertz CT molecular complexity index is 861. The molecule has 4 rings (SSSR count). The maximum atomic E-state index is 13.0. The molecule has 1 N–H and O–H groups in total. The van der Waals surface area contributed by atoms with Crippen LogP contribution in [-0.4, -0.2) is 86.5 Å². The lowest BCUT2D eigenvalue weighted by Crippen LogP contribution is -2.53. The van der Waals surface area contributed by atoms with Crippen molar-refractivity contribution >= 4 is 17.8 Å². The van der Waals surface area contributed by atoms with Gasteiger partial charge in [0.1, 0.15) is 5.75 Å². The smallest absolute Gasteiger partial charge is 0.319 e. The number of fused-ring (bicyclic) bond motifs is 1. The first-order valence-electron chi connectivity index (χ1n) is 11.0. The molecule has 3 aliphatic rings. The van der Waals surface area contributed by atoms with Gasteiger partial charge in [0.05, 0.1) is 18.9 Å². The van der Waals surface area contributed by atoms with E-state index < -0.39 is 5.41 Å². The number of benzene rings is 1. The van der Waals surface area contributed by atoms with Crippen LogP contribution in [0.2, 0.25) is 0 Å². The highest BCUT2D eigenvalue weighted by Gasteiger charge is 2.64. The number of amides is 4. The van der Waals surface area contributed by atoms with E-state index in [9.17, 15) is 14.4 Å². The van der Waals surface area contributed by atoms with E-state index in [0.29, 0.717) is 39.1 Å². The normalized spacial score (nSPS) is 24.5. The number of hydrogen-bond donors (Lipinski definition) is 1. The number of rotatable bonds is 3. The molecule has 3 saturated heterocycles. The first-order valence-corrected chi connectivity index (χ1v) is 11.0. The lowest BCUT2D eigenvalue weighted by atomic mass is 9.60. The van der Waals surface area contributed by atoms with Gasteiger partial charge >= 0.3 is 6.03 Å². The minimum atomic E-state index is -0.538. The molecule has 31 heavy (non-hydrogen) atoms. The van der Waals surface area contributed by atoms with Crippen molar-refractivity contribution in [3.05, 3.63) is 29.8 Å². The molecule has 1 unspecified atom stereocenters. The van der Waals surface area contributed by atoms with Crippen molar-refractivity contribution < 1.29 is 19.1 Å². The average Bonchev–Trinajstić information content (AvgIpc) is 3.29.